The largest absolute Gasteiger partial charge is 0.481 e. The molecule has 1 fully saturated rings. The number of aliphatic carboxylic acids is 1. The third-order valence-electron chi connectivity index (χ3n) is 3.39. The van der Waals surface area contributed by atoms with Gasteiger partial charge in [-0.05, 0) is 33.1 Å². The molecule has 1 aliphatic rings. The average molecular weight is 241 g/mol. The second-order valence-corrected chi connectivity index (χ2v) is 5.00. The molecule has 0 aromatic heterocycles. The van der Waals surface area contributed by atoms with Gasteiger partial charge in [0.25, 0.3) is 0 Å². The van der Waals surface area contributed by atoms with E-state index in [2.05, 4.69) is 6.58 Å². The van der Waals surface area contributed by atoms with Crippen LogP contribution in [-0.4, -0.2) is 39.8 Å². The summed E-state index contributed by atoms with van der Waals surface area (Å²) in [6.45, 7) is 7.59. The van der Waals surface area contributed by atoms with Gasteiger partial charge in [-0.3, -0.25) is 4.79 Å². The van der Waals surface area contributed by atoms with Gasteiger partial charge in [0.1, 0.15) is 0 Å². The summed E-state index contributed by atoms with van der Waals surface area (Å²) in [5.74, 6) is -0.850. The highest BCUT2D eigenvalue weighted by molar-refractivity contribution is 5.76. The molecule has 1 saturated heterocycles. The van der Waals surface area contributed by atoms with Gasteiger partial charge >= 0.3 is 12.1 Å². The van der Waals surface area contributed by atoms with Crippen molar-refractivity contribution in [3.8, 4) is 0 Å². The number of rotatable bonds is 3. The minimum atomic E-state index is -0.980. The molecule has 0 radical (unpaired) electrons. The second-order valence-electron chi connectivity index (χ2n) is 5.00. The van der Waals surface area contributed by atoms with Crippen LogP contribution in [0.4, 0.5) is 4.79 Å². The molecule has 0 saturated carbocycles. The highest BCUT2D eigenvalue weighted by Crippen LogP contribution is 2.40. The zero-order valence-corrected chi connectivity index (χ0v) is 10.3. The lowest BCUT2D eigenvalue weighted by molar-refractivity contribution is -0.153. The van der Waals surface area contributed by atoms with E-state index in [1.165, 1.54) is 4.90 Å². The van der Waals surface area contributed by atoms with Crippen LogP contribution in [0.3, 0.4) is 0 Å². The van der Waals surface area contributed by atoms with Crippen molar-refractivity contribution < 1.29 is 19.8 Å². The van der Waals surface area contributed by atoms with Crippen molar-refractivity contribution in [2.24, 2.45) is 5.41 Å². The Hall–Kier alpha value is -1.52. The van der Waals surface area contributed by atoms with Crippen molar-refractivity contribution in [1.29, 1.82) is 0 Å². The van der Waals surface area contributed by atoms with Gasteiger partial charge in [0, 0.05) is 12.6 Å². The van der Waals surface area contributed by atoms with E-state index >= 15 is 0 Å². The van der Waals surface area contributed by atoms with Crippen LogP contribution in [0.1, 0.15) is 33.1 Å². The first-order chi connectivity index (χ1) is 7.78. The van der Waals surface area contributed by atoms with Crippen molar-refractivity contribution in [2.45, 2.75) is 39.2 Å². The van der Waals surface area contributed by atoms with Crippen LogP contribution in [0.15, 0.2) is 12.2 Å². The number of nitrogens with zero attached hydrogens (tertiary/aromatic N) is 1. The maximum absolute atomic E-state index is 11.4. The number of hydrogen-bond donors (Lipinski definition) is 2. The summed E-state index contributed by atoms with van der Waals surface area (Å²) < 4.78 is 0. The molecule has 96 valence electrons. The molecule has 1 amide bonds. The van der Waals surface area contributed by atoms with Crippen molar-refractivity contribution in [3.63, 3.8) is 0 Å². The first-order valence-electron chi connectivity index (χ1n) is 5.66. The molecule has 1 unspecified atom stereocenters. The first-order valence-corrected chi connectivity index (χ1v) is 5.66. The van der Waals surface area contributed by atoms with Crippen LogP contribution in [0.5, 0.6) is 0 Å². The smallest absolute Gasteiger partial charge is 0.407 e. The van der Waals surface area contributed by atoms with Gasteiger partial charge in [-0.1, -0.05) is 5.57 Å². The Balaban J connectivity index is 2.88. The highest BCUT2D eigenvalue weighted by Gasteiger charge is 2.45. The van der Waals surface area contributed by atoms with Crippen molar-refractivity contribution in [2.75, 3.05) is 6.54 Å². The summed E-state index contributed by atoms with van der Waals surface area (Å²) in [5.41, 5.74) is -0.0274. The third-order valence-corrected chi connectivity index (χ3v) is 3.39. The fourth-order valence-electron chi connectivity index (χ4n) is 2.62. The molecule has 1 aliphatic heterocycles. The Kier molecular flexibility index (Phi) is 3.80. The van der Waals surface area contributed by atoms with Crippen molar-refractivity contribution >= 4 is 12.1 Å². The molecule has 0 bridgehead atoms. The van der Waals surface area contributed by atoms with E-state index < -0.39 is 17.5 Å². The number of allylic oxidation sites excluding steroid dienone is 1. The van der Waals surface area contributed by atoms with Crippen LogP contribution in [0.25, 0.3) is 0 Å². The molecular formula is C12H19NO4. The van der Waals surface area contributed by atoms with Crippen LogP contribution in [0, 0.1) is 5.41 Å². The van der Waals surface area contributed by atoms with E-state index in [0.29, 0.717) is 19.3 Å². The number of hydrogen-bond acceptors (Lipinski definition) is 2. The molecule has 1 rings (SSSR count). The molecule has 0 spiro atoms. The quantitative estimate of drug-likeness (QED) is 0.742. The highest BCUT2D eigenvalue weighted by atomic mass is 16.4. The maximum Gasteiger partial charge on any atom is 0.407 e. The van der Waals surface area contributed by atoms with E-state index in [9.17, 15) is 14.7 Å². The minimum absolute atomic E-state index is 0.267. The number of carboxylic acid groups (broad SMARTS) is 2. The summed E-state index contributed by atoms with van der Waals surface area (Å²) in [5, 5.41) is 18.3. The molecule has 0 aliphatic carbocycles. The van der Waals surface area contributed by atoms with Gasteiger partial charge in [-0.15, -0.1) is 6.58 Å². The predicted octanol–water partition coefficient (Wildman–Crippen LogP) is 2.19. The van der Waals surface area contributed by atoms with Gasteiger partial charge in [0.05, 0.1) is 5.41 Å². The molecule has 5 heteroatoms. The second kappa shape index (κ2) is 4.77. The summed E-state index contributed by atoms with van der Waals surface area (Å²) in [6, 6.07) is -0.267. The summed E-state index contributed by atoms with van der Waals surface area (Å²) in [7, 11) is 0. The molecule has 2 atom stereocenters. The van der Waals surface area contributed by atoms with Crippen molar-refractivity contribution in [3.05, 3.63) is 12.2 Å². The first kappa shape index (κ1) is 13.5. The topological polar surface area (TPSA) is 77.8 Å². The van der Waals surface area contributed by atoms with E-state index in [1.54, 1.807) is 13.8 Å². The lowest BCUT2D eigenvalue weighted by atomic mass is 9.72. The van der Waals surface area contributed by atoms with E-state index in [-0.39, 0.29) is 12.6 Å². The normalized spacial score (nSPS) is 28.8. The maximum atomic E-state index is 11.4. The van der Waals surface area contributed by atoms with Gasteiger partial charge in [0.15, 0.2) is 0 Å². The predicted molar refractivity (Wildman–Crippen MR) is 62.9 cm³/mol. The van der Waals surface area contributed by atoms with Gasteiger partial charge in [-0.25, -0.2) is 4.79 Å². The summed E-state index contributed by atoms with van der Waals surface area (Å²) in [4.78, 5) is 23.7. The van der Waals surface area contributed by atoms with Crippen LogP contribution >= 0.6 is 0 Å². The van der Waals surface area contributed by atoms with Crippen LogP contribution in [0.2, 0.25) is 0 Å². The minimum Gasteiger partial charge on any atom is -0.481 e. The monoisotopic (exact) mass is 241 g/mol. The number of piperidine rings is 1. The Bertz CT molecular complexity index is 352. The third kappa shape index (κ3) is 2.78. The molecule has 17 heavy (non-hydrogen) atoms. The van der Waals surface area contributed by atoms with E-state index in [4.69, 9.17) is 5.11 Å². The fourth-order valence-corrected chi connectivity index (χ4v) is 2.62. The fraction of sp³-hybridized carbons (Fsp3) is 0.667. The SMILES string of the molecule is C=C(C)CC1(C(=O)O)CCN(C(=O)O)[C@H](C)C1. The Labute approximate surface area is 101 Å². The number of amides is 1. The zero-order valence-electron chi connectivity index (χ0n) is 10.3. The summed E-state index contributed by atoms with van der Waals surface area (Å²) in [6.07, 6.45) is 0.139. The molecule has 0 aromatic carbocycles. The van der Waals surface area contributed by atoms with Crippen LogP contribution < -0.4 is 0 Å². The number of likely N-dealkylation sites (tertiary alicyclic amines) is 1. The standard InChI is InChI=1S/C12H19NO4/c1-8(2)6-12(10(14)15)4-5-13(11(16)17)9(3)7-12/h9H,1,4-7H2,2-3H3,(H,14,15)(H,16,17)/t9-,12?/m1/s1. The zero-order chi connectivity index (χ0) is 13.2. The number of carboxylic acids is 1. The number of carbonyl (C=O) groups is 2. The van der Waals surface area contributed by atoms with Crippen molar-refractivity contribution in [1.82, 2.24) is 4.90 Å². The van der Waals surface area contributed by atoms with Gasteiger partial charge in [0.2, 0.25) is 0 Å². The van der Waals surface area contributed by atoms with E-state index in [1.807, 2.05) is 0 Å². The summed E-state index contributed by atoms with van der Waals surface area (Å²) >= 11 is 0. The van der Waals surface area contributed by atoms with Crippen LogP contribution in [-0.2, 0) is 4.79 Å². The molecular weight excluding hydrogens is 222 g/mol. The molecule has 5 nitrogen and oxygen atoms in total. The molecule has 1 heterocycles. The van der Waals surface area contributed by atoms with E-state index in [0.717, 1.165) is 5.57 Å². The Morgan fingerprint density at radius 2 is 2.06 bits per heavy atom. The molecule has 0 aromatic rings. The Morgan fingerprint density at radius 1 is 1.47 bits per heavy atom. The lowest BCUT2D eigenvalue weighted by Gasteiger charge is -2.42. The lowest BCUT2D eigenvalue weighted by Crippen LogP contribution is -2.50. The van der Waals surface area contributed by atoms with Gasteiger partial charge in [-0.2, -0.15) is 0 Å². The Morgan fingerprint density at radius 3 is 2.41 bits per heavy atom. The molecule has 2 N–H and O–H groups in total. The van der Waals surface area contributed by atoms with Gasteiger partial charge < -0.3 is 15.1 Å². The average Bonchev–Trinajstić information content (AvgIpc) is 2.15.